The van der Waals surface area contributed by atoms with E-state index in [9.17, 15) is 9.59 Å². The van der Waals surface area contributed by atoms with Crippen LogP contribution >= 0.6 is 0 Å². The highest BCUT2D eigenvalue weighted by Gasteiger charge is 2.04. The van der Waals surface area contributed by atoms with Crippen LogP contribution in [0.5, 0.6) is 0 Å². The van der Waals surface area contributed by atoms with Crippen molar-refractivity contribution in [2.45, 2.75) is 0 Å². The first-order valence-corrected chi connectivity index (χ1v) is 6.15. The third-order valence-electron chi connectivity index (χ3n) is 2.57. The molecule has 0 fully saturated rings. The van der Waals surface area contributed by atoms with Crippen molar-refractivity contribution in [2.75, 3.05) is 25.1 Å². The summed E-state index contributed by atoms with van der Waals surface area (Å²) >= 11 is 0. The number of hydrogen-bond donors (Lipinski definition) is 4. The Morgan fingerprint density at radius 3 is 2.60 bits per heavy atom. The van der Waals surface area contributed by atoms with E-state index in [0.29, 0.717) is 24.5 Å². The molecule has 7 heteroatoms. The van der Waals surface area contributed by atoms with Gasteiger partial charge in [0.15, 0.2) is 0 Å². The monoisotopic (exact) mass is 276 g/mol. The molecule has 0 aliphatic heterocycles. The summed E-state index contributed by atoms with van der Waals surface area (Å²) in [5.74, 6) is -0.235. The number of nitrogens with one attached hydrogen (secondary N) is 3. The van der Waals surface area contributed by atoms with Crippen molar-refractivity contribution in [1.29, 1.82) is 0 Å². The van der Waals surface area contributed by atoms with Crippen LogP contribution in [0.3, 0.4) is 0 Å². The summed E-state index contributed by atoms with van der Waals surface area (Å²) in [4.78, 5) is 22.6. The standard InChI is InChI=1S/C13H16N4O3/c14-5-6-20-8-13(19)15-10-3-1-9(2-4-10)11-7-12(18)17-16-11/h1-4,7H,5-6,8,14H2,(H,15,19)(H2,16,17,18). The van der Waals surface area contributed by atoms with Gasteiger partial charge in [-0.3, -0.25) is 19.8 Å². The van der Waals surface area contributed by atoms with Gasteiger partial charge in [0.1, 0.15) is 6.61 Å². The lowest BCUT2D eigenvalue weighted by Crippen LogP contribution is -2.20. The normalized spacial score (nSPS) is 10.4. The zero-order valence-corrected chi connectivity index (χ0v) is 10.8. The molecule has 0 saturated heterocycles. The molecule has 2 aromatic rings. The predicted molar refractivity (Wildman–Crippen MR) is 75.4 cm³/mol. The molecule has 0 spiro atoms. The van der Waals surface area contributed by atoms with Gasteiger partial charge in [-0.2, -0.15) is 0 Å². The fourth-order valence-electron chi connectivity index (χ4n) is 1.67. The number of nitrogens with two attached hydrogens (primary N) is 1. The van der Waals surface area contributed by atoms with Crippen molar-refractivity contribution in [1.82, 2.24) is 10.2 Å². The number of benzene rings is 1. The number of hydrogen-bond acceptors (Lipinski definition) is 4. The van der Waals surface area contributed by atoms with Crippen molar-refractivity contribution >= 4 is 11.6 Å². The summed E-state index contributed by atoms with van der Waals surface area (Å²) in [7, 11) is 0. The van der Waals surface area contributed by atoms with Crippen molar-refractivity contribution in [3.05, 3.63) is 40.7 Å². The van der Waals surface area contributed by atoms with Crippen LogP contribution in [0.25, 0.3) is 11.3 Å². The molecule has 0 unspecified atom stereocenters. The van der Waals surface area contributed by atoms with Crippen molar-refractivity contribution in [3.63, 3.8) is 0 Å². The van der Waals surface area contributed by atoms with E-state index in [2.05, 4.69) is 15.5 Å². The van der Waals surface area contributed by atoms with Gasteiger partial charge in [0.05, 0.1) is 12.3 Å². The Bertz CT molecular complexity index is 615. The second-order valence-corrected chi connectivity index (χ2v) is 4.14. The molecule has 0 bridgehead atoms. The molecule has 1 aromatic carbocycles. The zero-order chi connectivity index (χ0) is 14.4. The lowest BCUT2D eigenvalue weighted by atomic mass is 10.1. The largest absolute Gasteiger partial charge is 0.370 e. The molecule has 7 nitrogen and oxygen atoms in total. The molecular weight excluding hydrogens is 260 g/mol. The van der Waals surface area contributed by atoms with Crippen molar-refractivity contribution in [2.24, 2.45) is 5.73 Å². The first kappa shape index (κ1) is 14.0. The minimum atomic E-state index is -0.235. The first-order valence-electron chi connectivity index (χ1n) is 6.15. The Labute approximate surface area is 115 Å². The summed E-state index contributed by atoms with van der Waals surface area (Å²) < 4.78 is 5.03. The Morgan fingerprint density at radius 2 is 2.00 bits per heavy atom. The smallest absolute Gasteiger partial charge is 0.264 e. The van der Waals surface area contributed by atoms with Gasteiger partial charge in [0.2, 0.25) is 5.91 Å². The van der Waals surface area contributed by atoms with Gasteiger partial charge in [0.25, 0.3) is 5.56 Å². The minimum absolute atomic E-state index is 0.0237. The molecule has 1 aromatic heterocycles. The van der Waals surface area contributed by atoms with Gasteiger partial charge >= 0.3 is 0 Å². The number of amides is 1. The molecule has 0 aliphatic carbocycles. The second kappa shape index (κ2) is 6.69. The molecule has 0 aliphatic rings. The SMILES string of the molecule is NCCOCC(=O)Nc1ccc(-c2cc(=O)[nH][nH]2)cc1. The Morgan fingerprint density at radius 1 is 1.25 bits per heavy atom. The number of carbonyl (C=O) groups is 1. The Kier molecular flexibility index (Phi) is 4.70. The summed E-state index contributed by atoms with van der Waals surface area (Å²) in [5, 5.41) is 7.93. The Balaban J connectivity index is 1.94. The van der Waals surface area contributed by atoms with Crippen LogP contribution in [0.4, 0.5) is 5.69 Å². The van der Waals surface area contributed by atoms with Crippen LogP contribution in [-0.4, -0.2) is 35.9 Å². The van der Waals surface area contributed by atoms with Gasteiger partial charge in [0, 0.05) is 18.3 Å². The molecule has 1 heterocycles. The summed E-state index contributed by atoms with van der Waals surface area (Å²) in [6.07, 6.45) is 0. The number of H-pyrrole nitrogens is 2. The van der Waals surface area contributed by atoms with E-state index in [1.165, 1.54) is 6.07 Å². The number of anilines is 1. The molecule has 20 heavy (non-hydrogen) atoms. The topological polar surface area (TPSA) is 113 Å². The lowest BCUT2D eigenvalue weighted by molar-refractivity contribution is -0.120. The Hall–Kier alpha value is -2.38. The number of carbonyl (C=O) groups excluding carboxylic acids is 1. The summed E-state index contributed by atoms with van der Waals surface area (Å²) in [6.45, 7) is 0.716. The molecule has 0 radical (unpaired) electrons. The second-order valence-electron chi connectivity index (χ2n) is 4.14. The molecule has 106 valence electrons. The number of rotatable bonds is 6. The average molecular weight is 276 g/mol. The predicted octanol–water partition coefficient (Wildman–Crippen LogP) is 0.284. The lowest BCUT2D eigenvalue weighted by Gasteiger charge is -2.06. The quantitative estimate of drug-likeness (QED) is 0.568. The maximum atomic E-state index is 11.5. The van der Waals surface area contributed by atoms with Crippen LogP contribution < -0.4 is 16.6 Å². The van der Waals surface area contributed by atoms with Gasteiger partial charge in [-0.15, -0.1) is 0 Å². The first-order chi connectivity index (χ1) is 9.69. The molecule has 0 saturated carbocycles. The molecule has 1 amide bonds. The van der Waals surface area contributed by atoms with E-state index in [-0.39, 0.29) is 18.1 Å². The molecular formula is C13H16N4O3. The molecule has 0 atom stereocenters. The molecule has 5 N–H and O–H groups in total. The van der Waals surface area contributed by atoms with Gasteiger partial charge in [-0.05, 0) is 17.7 Å². The van der Waals surface area contributed by atoms with Crippen LogP contribution in [0.15, 0.2) is 35.1 Å². The van der Waals surface area contributed by atoms with E-state index in [1.807, 2.05) is 0 Å². The van der Waals surface area contributed by atoms with Crippen LogP contribution in [0.2, 0.25) is 0 Å². The number of aromatic nitrogens is 2. The van der Waals surface area contributed by atoms with Crippen LogP contribution in [0, 0.1) is 0 Å². The van der Waals surface area contributed by atoms with E-state index < -0.39 is 0 Å². The number of ether oxygens (including phenoxy) is 1. The zero-order valence-electron chi connectivity index (χ0n) is 10.8. The van der Waals surface area contributed by atoms with E-state index >= 15 is 0 Å². The van der Waals surface area contributed by atoms with E-state index in [0.717, 1.165) is 5.56 Å². The van der Waals surface area contributed by atoms with Crippen molar-refractivity contribution < 1.29 is 9.53 Å². The van der Waals surface area contributed by atoms with Crippen LogP contribution in [-0.2, 0) is 9.53 Å². The minimum Gasteiger partial charge on any atom is -0.370 e. The average Bonchev–Trinajstić information content (AvgIpc) is 2.86. The number of aromatic amines is 2. The maximum absolute atomic E-state index is 11.5. The van der Waals surface area contributed by atoms with Gasteiger partial charge < -0.3 is 15.8 Å². The van der Waals surface area contributed by atoms with Crippen LogP contribution in [0.1, 0.15) is 0 Å². The third-order valence-corrected chi connectivity index (χ3v) is 2.57. The van der Waals surface area contributed by atoms with Gasteiger partial charge in [-0.25, -0.2) is 0 Å². The third kappa shape index (κ3) is 3.81. The highest BCUT2D eigenvalue weighted by Crippen LogP contribution is 2.17. The molecule has 2 rings (SSSR count). The van der Waals surface area contributed by atoms with E-state index in [4.69, 9.17) is 10.5 Å². The fourth-order valence-corrected chi connectivity index (χ4v) is 1.67. The van der Waals surface area contributed by atoms with Gasteiger partial charge in [-0.1, -0.05) is 12.1 Å². The highest BCUT2D eigenvalue weighted by molar-refractivity contribution is 5.91. The van der Waals surface area contributed by atoms with E-state index in [1.54, 1.807) is 24.3 Å². The highest BCUT2D eigenvalue weighted by atomic mass is 16.5. The maximum Gasteiger partial charge on any atom is 0.264 e. The summed E-state index contributed by atoms with van der Waals surface area (Å²) in [6, 6.07) is 8.57. The van der Waals surface area contributed by atoms with Crippen molar-refractivity contribution in [3.8, 4) is 11.3 Å². The summed E-state index contributed by atoms with van der Waals surface area (Å²) in [5.41, 5.74) is 7.27. The fraction of sp³-hybridized carbons (Fsp3) is 0.231.